The highest BCUT2D eigenvalue weighted by Gasteiger charge is 2.47. The van der Waals surface area contributed by atoms with Crippen molar-refractivity contribution in [3.05, 3.63) is 87.4 Å². The number of anilines is 1. The van der Waals surface area contributed by atoms with Crippen LogP contribution in [0, 0.1) is 0 Å². The van der Waals surface area contributed by atoms with Crippen molar-refractivity contribution in [1.82, 2.24) is 0 Å². The number of methoxy groups -OCH3 is 2. The molecule has 7 nitrogen and oxygen atoms in total. The molecule has 34 heavy (non-hydrogen) atoms. The van der Waals surface area contributed by atoms with E-state index in [9.17, 15) is 19.8 Å². The molecule has 0 bridgehead atoms. The summed E-state index contributed by atoms with van der Waals surface area (Å²) < 4.78 is 10.6. The lowest BCUT2D eigenvalue weighted by atomic mass is 9.94. The van der Waals surface area contributed by atoms with Gasteiger partial charge in [0.2, 0.25) is 0 Å². The first-order valence-electron chi connectivity index (χ1n) is 10.0. The van der Waals surface area contributed by atoms with Crippen LogP contribution in [0.1, 0.15) is 17.2 Å². The number of rotatable bonds is 5. The molecule has 1 fully saturated rings. The Morgan fingerprint density at radius 2 is 1.59 bits per heavy atom. The third kappa shape index (κ3) is 3.93. The van der Waals surface area contributed by atoms with Crippen LogP contribution < -0.4 is 14.4 Å². The van der Waals surface area contributed by atoms with E-state index in [2.05, 4.69) is 0 Å². The molecule has 0 aromatic heterocycles. The van der Waals surface area contributed by atoms with Crippen molar-refractivity contribution in [2.24, 2.45) is 0 Å². The maximum atomic E-state index is 13.3. The zero-order valence-corrected chi connectivity index (χ0v) is 19.6. The zero-order chi connectivity index (χ0) is 24.6. The number of amides is 1. The third-order valence-corrected chi connectivity index (χ3v) is 6.09. The quantitative estimate of drug-likeness (QED) is 0.279. The molecule has 174 valence electrons. The number of hydrogen-bond acceptors (Lipinski definition) is 6. The van der Waals surface area contributed by atoms with Crippen molar-refractivity contribution in [2.75, 3.05) is 19.1 Å². The number of carbonyl (C=O) groups is 2. The molecule has 0 aliphatic carbocycles. The number of aromatic hydroxyl groups is 1. The fourth-order valence-electron chi connectivity index (χ4n) is 3.89. The van der Waals surface area contributed by atoms with E-state index in [1.807, 2.05) is 0 Å². The number of ketones is 1. The van der Waals surface area contributed by atoms with Gasteiger partial charge in [0.1, 0.15) is 23.0 Å². The molecule has 1 aliphatic rings. The number of halogens is 2. The predicted octanol–water partition coefficient (Wildman–Crippen LogP) is 5.34. The van der Waals surface area contributed by atoms with Gasteiger partial charge in [0.15, 0.2) is 0 Å². The minimum Gasteiger partial charge on any atom is -0.507 e. The van der Waals surface area contributed by atoms with E-state index in [1.54, 1.807) is 30.3 Å². The van der Waals surface area contributed by atoms with Crippen molar-refractivity contribution in [1.29, 1.82) is 0 Å². The van der Waals surface area contributed by atoms with E-state index >= 15 is 0 Å². The van der Waals surface area contributed by atoms with Gasteiger partial charge in [0.05, 0.1) is 41.4 Å². The van der Waals surface area contributed by atoms with Crippen LogP contribution in [-0.2, 0) is 9.59 Å². The summed E-state index contributed by atoms with van der Waals surface area (Å²) in [6.45, 7) is 0. The molecule has 3 aromatic carbocycles. The average molecular weight is 500 g/mol. The summed E-state index contributed by atoms with van der Waals surface area (Å²) in [5.74, 6) is -1.94. The van der Waals surface area contributed by atoms with Crippen molar-refractivity contribution in [3.63, 3.8) is 0 Å². The molecule has 0 saturated carbocycles. The summed E-state index contributed by atoms with van der Waals surface area (Å²) in [5, 5.41) is 21.5. The van der Waals surface area contributed by atoms with Gasteiger partial charge < -0.3 is 19.7 Å². The SMILES string of the molecule is COc1cc(/C(O)=C2\C(=O)C(=O)N(c3ccccc3)C2c2ccc(O)c(Cl)c2)c(OC)cc1Cl. The highest BCUT2D eigenvalue weighted by atomic mass is 35.5. The van der Waals surface area contributed by atoms with E-state index in [0.717, 1.165) is 0 Å². The van der Waals surface area contributed by atoms with E-state index in [4.69, 9.17) is 32.7 Å². The topological polar surface area (TPSA) is 96.3 Å². The molecule has 0 radical (unpaired) electrons. The van der Waals surface area contributed by atoms with Gasteiger partial charge in [0.25, 0.3) is 11.7 Å². The second-order valence-corrected chi connectivity index (χ2v) is 8.22. The molecule has 1 unspecified atom stereocenters. The summed E-state index contributed by atoms with van der Waals surface area (Å²) >= 11 is 12.3. The van der Waals surface area contributed by atoms with Crippen molar-refractivity contribution < 1.29 is 29.3 Å². The van der Waals surface area contributed by atoms with Crippen LogP contribution in [-0.4, -0.2) is 36.1 Å². The van der Waals surface area contributed by atoms with Crippen LogP contribution in [0.2, 0.25) is 10.0 Å². The van der Waals surface area contributed by atoms with E-state index in [1.165, 1.54) is 49.5 Å². The number of phenolic OH excluding ortho intramolecular Hbond substituents is 1. The molecule has 1 amide bonds. The number of aliphatic hydroxyl groups excluding tert-OH is 1. The van der Waals surface area contributed by atoms with Crippen molar-refractivity contribution in [2.45, 2.75) is 6.04 Å². The fourth-order valence-corrected chi connectivity index (χ4v) is 4.31. The maximum Gasteiger partial charge on any atom is 0.300 e. The Kier molecular flexibility index (Phi) is 6.41. The number of aliphatic hydroxyl groups is 1. The molecule has 0 spiro atoms. The summed E-state index contributed by atoms with van der Waals surface area (Å²) in [4.78, 5) is 27.7. The maximum absolute atomic E-state index is 13.3. The highest BCUT2D eigenvalue weighted by Crippen LogP contribution is 2.45. The van der Waals surface area contributed by atoms with Gasteiger partial charge in [-0.25, -0.2) is 0 Å². The number of Topliss-reactive ketones (excluding diaryl/α,β-unsaturated/α-hetero) is 1. The standard InChI is InChI=1S/C25H19Cl2NO6/c1-33-19-12-17(27)20(34-2)11-15(19)23(30)21-22(13-8-9-18(29)16(26)10-13)28(25(32)24(21)31)14-6-4-3-5-7-14/h3-12,22,29-30H,1-2H3/b23-21+. The van der Waals surface area contributed by atoms with Gasteiger partial charge in [-0.1, -0.05) is 47.5 Å². The summed E-state index contributed by atoms with van der Waals surface area (Å²) in [6.07, 6.45) is 0. The first-order valence-corrected chi connectivity index (χ1v) is 10.8. The number of para-hydroxylation sites is 1. The first kappa shape index (κ1) is 23.5. The Morgan fingerprint density at radius 3 is 2.21 bits per heavy atom. The van der Waals surface area contributed by atoms with Gasteiger partial charge in [-0.05, 0) is 35.9 Å². The lowest BCUT2D eigenvalue weighted by Crippen LogP contribution is -2.29. The summed E-state index contributed by atoms with van der Waals surface area (Å²) in [5.41, 5.74) is 0.786. The Labute approximate surface area is 205 Å². The molecule has 1 atom stereocenters. The molecular formula is C25H19Cl2NO6. The summed E-state index contributed by atoms with van der Waals surface area (Å²) in [7, 11) is 2.79. The monoisotopic (exact) mass is 499 g/mol. The molecule has 1 heterocycles. The minimum atomic E-state index is -1.04. The Balaban J connectivity index is 2.01. The van der Waals surface area contributed by atoms with Crippen LogP contribution in [0.15, 0.2) is 66.2 Å². The van der Waals surface area contributed by atoms with Gasteiger partial charge >= 0.3 is 0 Å². The fraction of sp³-hybridized carbons (Fsp3) is 0.120. The predicted molar refractivity (Wildman–Crippen MR) is 129 cm³/mol. The normalized spacial score (nSPS) is 17.2. The Hall–Kier alpha value is -3.68. The smallest absolute Gasteiger partial charge is 0.300 e. The molecule has 2 N–H and O–H groups in total. The molecule has 4 rings (SSSR count). The van der Waals surface area contributed by atoms with Crippen LogP contribution in [0.3, 0.4) is 0 Å². The van der Waals surface area contributed by atoms with Crippen LogP contribution in [0.4, 0.5) is 5.69 Å². The van der Waals surface area contributed by atoms with Crippen LogP contribution in [0.5, 0.6) is 17.2 Å². The second kappa shape index (κ2) is 9.29. The number of ether oxygens (including phenoxy) is 2. The van der Waals surface area contributed by atoms with Crippen molar-refractivity contribution >= 4 is 46.3 Å². The first-order chi connectivity index (χ1) is 16.3. The average Bonchev–Trinajstić information content (AvgIpc) is 3.11. The molecule has 1 saturated heterocycles. The van der Waals surface area contributed by atoms with Crippen LogP contribution >= 0.6 is 23.2 Å². The molecular weight excluding hydrogens is 481 g/mol. The largest absolute Gasteiger partial charge is 0.507 e. The van der Waals surface area contributed by atoms with Crippen molar-refractivity contribution in [3.8, 4) is 17.2 Å². The zero-order valence-electron chi connectivity index (χ0n) is 18.1. The van der Waals surface area contributed by atoms with Gasteiger partial charge in [-0.15, -0.1) is 0 Å². The number of phenols is 1. The van der Waals surface area contributed by atoms with Crippen LogP contribution in [0.25, 0.3) is 5.76 Å². The Bertz CT molecular complexity index is 1320. The number of nitrogens with zero attached hydrogens (tertiary/aromatic N) is 1. The van der Waals surface area contributed by atoms with Gasteiger partial charge in [0, 0.05) is 11.8 Å². The molecule has 3 aromatic rings. The minimum absolute atomic E-state index is 0.0295. The number of benzene rings is 3. The third-order valence-electron chi connectivity index (χ3n) is 5.50. The lowest BCUT2D eigenvalue weighted by molar-refractivity contribution is -0.132. The summed E-state index contributed by atoms with van der Waals surface area (Å²) in [6, 6.07) is 14.7. The molecule has 1 aliphatic heterocycles. The highest BCUT2D eigenvalue weighted by molar-refractivity contribution is 6.51. The van der Waals surface area contributed by atoms with Gasteiger partial charge in [-0.3, -0.25) is 14.5 Å². The van der Waals surface area contributed by atoms with E-state index in [0.29, 0.717) is 11.3 Å². The lowest BCUT2D eigenvalue weighted by Gasteiger charge is -2.25. The number of hydrogen-bond donors (Lipinski definition) is 2. The Morgan fingerprint density at radius 1 is 0.912 bits per heavy atom. The number of carbonyl (C=O) groups excluding carboxylic acids is 2. The van der Waals surface area contributed by atoms with Gasteiger partial charge in [-0.2, -0.15) is 0 Å². The van der Waals surface area contributed by atoms with E-state index in [-0.39, 0.29) is 38.4 Å². The van der Waals surface area contributed by atoms with E-state index < -0.39 is 23.5 Å². The molecule has 9 heteroatoms. The second-order valence-electron chi connectivity index (χ2n) is 7.40.